The standard InChI is InChI=1S/C25H37Cl2NO4S/c1-5-8-20(15-16-26)21-9-7-10-24(18-21)33(31,32)28(4)23(13-12-22(27)6-2)17-19(3)11-14-25(29)30/h5-6,10,18,20,22-23H,1-3,7-9,11-17H2,4H3,(H,29,30). The molecule has 0 bridgehead atoms. The van der Waals surface area contributed by atoms with Crippen LogP contribution in [0.2, 0.25) is 0 Å². The highest BCUT2D eigenvalue weighted by Gasteiger charge is 2.31. The van der Waals surface area contributed by atoms with Gasteiger partial charge in [0.15, 0.2) is 0 Å². The molecule has 0 aromatic heterocycles. The maximum Gasteiger partial charge on any atom is 0.303 e. The van der Waals surface area contributed by atoms with Gasteiger partial charge in [0.2, 0.25) is 10.0 Å². The maximum atomic E-state index is 13.6. The molecule has 0 aromatic rings. The molecule has 8 heteroatoms. The smallest absolute Gasteiger partial charge is 0.303 e. The van der Waals surface area contributed by atoms with Gasteiger partial charge in [0.05, 0.1) is 10.3 Å². The van der Waals surface area contributed by atoms with Crippen molar-refractivity contribution in [3.8, 4) is 0 Å². The van der Waals surface area contributed by atoms with Crippen LogP contribution in [0.4, 0.5) is 0 Å². The minimum absolute atomic E-state index is 0.0324. The van der Waals surface area contributed by atoms with Crippen molar-refractivity contribution in [1.29, 1.82) is 0 Å². The molecule has 1 aliphatic rings. The molecular formula is C25H37Cl2NO4S. The van der Waals surface area contributed by atoms with Gasteiger partial charge in [-0.15, -0.1) is 36.4 Å². The van der Waals surface area contributed by atoms with Crippen LogP contribution in [0, 0.1) is 5.92 Å². The number of aliphatic carboxylic acids is 1. The van der Waals surface area contributed by atoms with Crippen LogP contribution in [0.25, 0.3) is 0 Å². The molecule has 0 fully saturated rings. The van der Waals surface area contributed by atoms with Crippen LogP contribution in [0.3, 0.4) is 0 Å². The monoisotopic (exact) mass is 517 g/mol. The average Bonchev–Trinajstić information content (AvgIpc) is 2.79. The molecule has 0 aromatic carbocycles. The molecule has 5 nitrogen and oxygen atoms in total. The second kappa shape index (κ2) is 14.8. The number of allylic oxidation sites excluding steroid dienone is 5. The van der Waals surface area contributed by atoms with Crippen molar-refractivity contribution in [2.75, 3.05) is 12.9 Å². The van der Waals surface area contributed by atoms with Crippen molar-refractivity contribution in [2.45, 2.75) is 69.2 Å². The Morgan fingerprint density at radius 2 is 1.97 bits per heavy atom. The minimum atomic E-state index is -3.76. The van der Waals surface area contributed by atoms with E-state index in [1.54, 1.807) is 25.3 Å². The lowest BCUT2D eigenvalue weighted by atomic mass is 9.87. The predicted octanol–water partition coefficient (Wildman–Crippen LogP) is 6.43. The summed E-state index contributed by atoms with van der Waals surface area (Å²) in [6.45, 7) is 11.5. The summed E-state index contributed by atoms with van der Waals surface area (Å²) in [7, 11) is -2.18. The van der Waals surface area contributed by atoms with Gasteiger partial charge < -0.3 is 5.11 Å². The van der Waals surface area contributed by atoms with Crippen LogP contribution in [-0.2, 0) is 14.8 Å². The lowest BCUT2D eigenvalue weighted by Gasteiger charge is -2.30. The second-order valence-corrected chi connectivity index (χ2v) is 11.4. The molecule has 3 unspecified atom stereocenters. The lowest BCUT2D eigenvalue weighted by molar-refractivity contribution is -0.136. The third-order valence-corrected chi connectivity index (χ3v) is 8.53. The van der Waals surface area contributed by atoms with Gasteiger partial charge in [-0.2, -0.15) is 4.31 Å². The number of hydrogen-bond acceptors (Lipinski definition) is 3. The first-order valence-electron chi connectivity index (χ1n) is 11.3. The average molecular weight is 519 g/mol. The van der Waals surface area contributed by atoms with Gasteiger partial charge in [-0.1, -0.05) is 36.0 Å². The van der Waals surface area contributed by atoms with Crippen LogP contribution >= 0.6 is 23.2 Å². The van der Waals surface area contributed by atoms with Crippen molar-refractivity contribution in [2.24, 2.45) is 5.92 Å². The van der Waals surface area contributed by atoms with Gasteiger partial charge in [0.25, 0.3) is 0 Å². The number of halogens is 2. The Hall–Kier alpha value is -1.34. The number of carbonyl (C=O) groups is 1. The lowest BCUT2D eigenvalue weighted by Crippen LogP contribution is -2.38. The summed E-state index contributed by atoms with van der Waals surface area (Å²) in [5, 5.41) is 8.68. The minimum Gasteiger partial charge on any atom is -0.481 e. The highest BCUT2D eigenvalue weighted by atomic mass is 35.5. The Morgan fingerprint density at radius 1 is 1.27 bits per heavy atom. The first-order valence-corrected chi connectivity index (χ1v) is 13.7. The van der Waals surface area contributed by atoms with E-state index in [-0.39, 0.29) is 23.8 Å². The van der Waals surface area contributed by atoms with Crippen molar-refractivity contribution in [3.63, 3.8) is 0 Å². The summed E-state index contributed by atoms with van der Waals surface area (Å²) < 4.78 is 28.5. The topological polar surface area (TPSA) is 74.7 Å². The molecule has 1 N–H and O–H groups in total. The molecule has 0 aliphatic heterocycles. The molecule has 186 valence electrons. The molecule has 0 saturated heterocycles. The Balaban J connectivity index is 3.13. The summed E-state index contributed by atoms with van der Waals surface area (Å²) in [6.07, 6.45) is 11.7. The first-order chi connectivity index (χ1) is 15.6. The molecule has 33 heavy (non-hydrogen) atoms. The Labute approximate surface area is 209 Å². The molecule has 0 spiro atoms. The Bertz CT molecular complexity index is 864. The predicted molar refractivity (Wildman–Crippen MR) is 139 cm³/mol. The van der Waals surface area contributed by atoms with Gasteiger partial charge in [0, 0.05) is 25.4 Å². The number of nitrogens with zero attached hydrogens (tertiary/aromatic N) is 1. The summed E-state index contributed by atoms with van der Waals surface area (Å²) in [5.41, 5.74) is 1.79. The highest BCUT2D eigenvalue weighted by Crippen LogP contribution is 2.33. The summed E-state index contributed by atoms with van der Waals surface area (Å²) >= 11 is 12.2. The number of sulfonamides is 1. The molecule has 0 radical (unpaired) electrons. The first kappa shape index (κ1) is 29.7. The van der Waals surface area contributed by atoms with Crippen LogP contribution in [0.5, 0.6) is 0 Å². The Kier molecular flexibility index (Phi) is 13.3. The van der Waals surface area contributed by atoms with E-state index in [0.717, 1.165) is 24.8 Å². The van der Waals surface area contributed by atoms with Crippen LogP contribution in [-0.4, -0.2) is 48.1 Å². The third kappa shape index (κ3) is 9.81. The van der Waals surface area contributed by atoms with E-state index in [9.17, 15) is 13.2 Å². The molecule has 0 heterocycles. The van der Waals surface area contributed by atoms with Crippen LogP contribution in [0.1, 0.15) is 57.8 Å². The molecule has 0 amide bonds. The van der Waals surface area contributed by atoms with Gasteiger partial charge in [0.1, 0.15) is 0 Å². The van der Waals surface area contributed by atoms with Gasteiger partial charge in [-0.3, -0.25) is 4.79 Å². The van der Waals surface area contributed by atoms with E-state index in [0.29, 0.717) is 48.5 Å². The maximum absolute atomic E-state index is 13.6. The summed E-state index contributed by atoms with van der Waals surface area (Å²) in [4.78, 5) is 11.2. The SMILES string of the molecule is C=CCC(CCCl)C1=CC(S(=O)(=O)N(C)C(CCC(Cl)C=C)CC(=C)CCC(=O)O)=CCC1. The van der Waals surface area contributed by atoms with Crippen LogP contribution in [0.15, 0.2) is 60.1 Å². The normalized spacial score (nSPS) is 17.0. The van der Waals surface area contributed by atoms with Crippen molar-refractivity contribution in [3.05, 3.63) is 60.1 Å². The van der Waals surface area contributed by atoms with Gasteiger partial charge in [-0.05, 0) is 63.4 Å². The third-order valence-electron chi connectivity index (χ3n) is 5.98. The van der Waals surface area contributed by atoms with E-state index in [2.05, 4.69) is 19.7 Å². The van der Waals surface area contributed by atoms with Crippen molar-refractivity contribution < 1.29 is 18.3 Å². The molecule has 0 saturated carbocycles. The van der Waals surface area contributed by atoms with E-state index < -0.39 is 16.0 Å². The number of hydrogen-bond donors (Lipinski definition) is 1. The summed E-state index contributed by atoms with van der Waals surface area (Å²) in [6, 6.07) is -0.385. The zero-order chi connectivity index (χ0) is 25.0. The molecular weight excluding hydrogens is 481 g/mol. The van der Waals surface area contributed by atoms with Crippen molar-refractivity contribution in [1.82, 2.24) is 4.31 Å². The molecule has 1 aliphatic carbocycles. The zero-order valence-corrected chi connectivity index (χ0v) is 21.8. The molecule has 3 atom stereocenters. The quantitative estimate of drug-likeness (QED) is 0.178. The number of alkyl halides is 2. The van der Waals surface area contributed by atoms with Gasteiger partial charge >= 0.3 is 5.97 Å². The fourth-order valence-electron chi connectivity index (χ4n) is 3.95. The fraction of sp³-hybridized carbons (Fsp3) is 0.560. The highest BCUT2D eigenvalue weighted by molar-refractivity contribution is 7.93. The van der Waals surface area contributed by atoms with E-state index in [1.165, 1.54) is 4.31 Å². The zero-order valence-electron chi connectivity index (χ0n) is 19.5. The van der Waals surface area contributed by atoms with Crippen molar-refractivity contribution >= 4 is 39.2 Å². The van der Waals surface area contributed by atoms with E-state index >= 15 is 0 Å². The molecule has 1 rings (SSSR count). The Morgan fingerprint density at radius 3 is 2.55 bits per heavy atom. The second-order valence-electron chi connectivity index (χ2n) is 8.42. The summed E-state index contributed by atoms with van der Waals surface area (Å²) in [5.74, 6) is -0.220. The van der Waals surface area contributed by atoms with Crippen LogP contribution < -0.4 is 0 Å². The van der Waals surface area contributed by atoms with E-state index in [4.69, 9.17) is 28.3 Å². The van der Waals surface area contributed by atoms with Gasteiger partial charge in [-0.25, -0.2) is 8.42 Å². The number of carboxylic acid groups (broad SMARTS) is 1. The number of carboxylic acids is 1. The fourth-order valence-corrected chi connectivity index (χ4v) is 5.87. The number of rotatable bonds is 17. The van der Waals surface area contributed by atoms with E-state index in [1.807, 2.05) is 6.08 Å². The largest absolute Gasteiger partial charge is 0.481 e.